The van der Waals surface area contributed by atoms with Crippen LogP contribution in [0, 0.1) is 0 Å². The molecule has 5 nitrogen and oxygen atoms in total. The summed E-state index contributed by atoms with van der Waals surface area (Å²) in [5.41, 5.74) is 1.97. The molecule has 0 spiro atoms. The van der Waals surface area contributed by atoms with Gasteiger partial charge >= 0.3 is 0 Å². The molecule has 3 rings (SSSR count). The van der Waals surface area contributed by atoms with Crippen LogP contribution in [0.5, 0.6) is 5.75 Å². The van der Waals surface area contributed by atoms with E-state index in [0.29, 0.717) is 17.4 Å². The molecule has 1 fully saturated rings. The van der Waals surface area contributed by atoms with Crippen LogP contribution in [0.2, 0.25) is 0 Å². The summed E-state index contributed by atoms with van der Waals surface area (Å²) in [6, 6.07) is 11.5. The summed E-state index contributed by atoms with van der Waals surface area (Å²) in [5, 5.41) is 9.38. The third-order valence-corrected chi connectivity index (χ3v) is 5.16. The van der Waals surface area contributed by atoms with Crippen molar-refractivity contribution in [1.29, 1.82) is 0 Å². The Morgan fingerprint density at radius 1 is 1.08 bits per heavy atom. The first-order chi connectivity index (χ1) is 12.6. The van der Waals surface area contributed by atoms with Gasteiger partial charge in [-0.2, -0.15) is 0 Å². The van der Waals surface area contributed by atoms with E-state index in [1.165, 1.54) is 5.56 Å². The predicted molar refractivity (Wildman–Crippen MR) is 102 cm³/mol. The van der Waals surface area contributed by atoms with Crippen molar-refractivity contribution < 1.29 is 9.90 Å². The summed E-state index contributed by atoms with van der Waals surface area (Å²) in [5.74, 6) is 0.416. The molecular weight excluding hydrogens is 326 g/mol. The molecular formula is C21H27N3O2. The number of benzene rings is 1. The third kappa shape index (κ3) is 4.82. The zero-order valence-electron chi connectivity index (χ0n) is 15.3. The number of rotatable bonds is 5. The molecule has 0 radical (unpaired) electrons. The smallest absolute Gasteiger partial charge is 0.254 e. The van der Waals surface area contributed by atoms with Gasteiger partial charge in [0.15, 0.2) is 0 Å². The minimum atomic E-state index is 0.103. The molecule has 1 unspecified atom stereocenters. The van der Waals surface area contributed by atoms with Gasteiger partial charge in [-0.15, -0.1) is 0 Å². The molecule has 1 atom stereocenters. The number of nitrogens with zero attached hydrogens (tertiary/aromatic N) is 3. The summed E-state index contributed by atoms with van der Waals surface area (Å²) >= 11 is 0. The summed E-state index contributed by atoms with van der Waals surface area (Å²) < 4.78 is 0. The van der Waals surface area contributed by atoms with Gasteiger partial charge in [0, 0.05) is 50.2 Å². The van der Waals surface area contributed by atoms with Crippen LogP contribution >= 0.6 is 0 Å². The van der Waals surface area contributed by atoms with Crippen molar-refractivity contribution in [2.45, 2.75) is 32.2 Å². The van der Waals surface area contributed by atoms with Crippen LogP contribution in [-0.2, 0) is 6.42 Å². The van der Waals surface area contributed by atoms with E-state index in [-0.39, 0.29) is 5.91 Å². The minimum Gasteiger partial charge on any atom is -0.508 e. The summed E-state index contributed by atoms with van der Waals surface area (Å²) in [4.78, 5) is 21.1. The van der Waals surface area contributed by atoms with Gasteiger partial charge in [-0.05, 0) is 56.0 Å². The van der Waals surface area contributed by atoms with Crippen LogP contribution in [0.25, 0.3) is 0 Å². The molecule has 2 heterocycles. The highest BCUT2D eigenvalue weighted by Gasteiger charge is 2.22. The first-order valence-electron chi connectivity index (χ1n) is 9.35. The van der Waals surface area contributed by atoms with E-state index < -0.39 is 0 Å². The minimum absolute atomic E-state index is 0.103. The number of hydrogen-bond acceptors (Lipinski definition) is 4. The monoisotopic (exact) mass is 353 g/mol. The SMILES string of the molecule is CC(CCc1ccc(O)cc1)N1CCCN(C(=O)c2ccncc2)CC1. The molecule has 26 heavy (non-hydrogen) atoms. The van der Waals surface area contributed by atoms with Gasteiger partial charge in [-0.3, -0.25) is 14.7 Å². The molecule has 5 heteroatoms. The number of aromatic nitrogens is 1. The van der Waals surface area contributed by atoms with Crippen molar-refractivity contribution in [2.75, 3.05) is 26.2 Å². The number of amides is 1. The maximum atomic E-state index is 12.6. The molecule has 1 aromatic heterocycles. The van der Waals surface area contributed by atoms with E-state index in [0.717, 1.165) is 45.4 Å². The number of carbonyl (C=O) groups is 1. The zero-order valence-corrected chi connectivity index (χ0v) is 15.3. The summed E-state index contributed by atoms with van der Waals surface area (Å²) in [6.07, 6.45) is 6.41. The molecule has 0 bridgehead atoms. The van der Waals surface area contributed by atoms with E-state index in [9.17, 15) is 9.90 Å². The number of aromatic hydroxyl groups is 1. The molecule has 1 saturated heterocycles. The zero-order chi connectivity index (χ0) is 18.4. The Hall–Kier alpha value is -2.40. The maximum Gasteiger partial charge on any atom is 0.254 e. The Balaban J connectivity index is 1.51. The van der Waals surface area contributed by atoms with Crippen molar-refractivity contribution in [3.8, 4) is 5.75 Å². The lowest BCUT2D eigenvalue weighted by atomic mass is 10.0. The molecule has 0 saturated carbocycles. The lowest BCUT2D eigenvalue weighted by Crippen LogP contribution is -2.38. The Kier molecular flexibility index (Phi) is 6.23. The molecule has 138 valence electrons. The largest absolute Gasteiger partial charge is 0.508 e. The summed E-state index contributed by atoms with van der Waals surface area (Å²) in [7, 11) is 0. The second-order valence-corrected chi connectivity index (χ2v) is 6.97. The Morgan fingerprint density at radius 2 is 1.81 bits per heavy atom. The standard InChI is InChI=1S/C21H27N3O2/c1-17(3-4-18-5-7-20(25)8-6-18)23-13-2-14-24(16-15-23)21(26)19-9-11-22-12-10-19/h5-12,17,25H,2-4,13-16H2,1H3. The number of aryl methyl sites for hydroxylation is 1. The topological polar surface area (TPSA) is 56.7 Å². The van der Waals surface area contributed by atoms with Crippen LogP contribution in [-0.4, -0.2) is 58.0 Å². The Bertz CT molecular complexity index is 703. The highest BCUT2D eigenvalue weighted by Crippen LogP contribution is 2.16. The first-order valence-corrected chi connectivity index (χ1v) is 9.35. The number of phenols is 1. The number of carbonyl (C=O) groups excluding carboxylic acids is 1. The molecule has 1 aliphatic rings. The van der Waals surface area contributed by atoms with Gasteiger partial charge < -0.3 is 10.0 Å². The summed E-state index contributed by atoms with van der Waals surface area (Å²) in [6.45, 7) is 5.78. The van der Waals surface area contributed by atoms with Crippen LogP contribution in [0.3, 0.4) is 0 Å². The molecule has 1 amide bonds. The second-order valence-electron chi connectivity index (χ2n) is 6.97. The van der Waals surface area contributed by atoms with Gasteiger partial charge in [0.05, 0.1) is 0 Å². The van der Waals surface area contributed by atoms with Gasteiger partial charge in [-0.1, -0.05) is 12.1 Å². The van der Waals surface area contributed by atoms with Crippen molar-refractivity contribution >= 4 is 5.91 Å². The van der Waals surface area contributed by atoms with Crippen molar-refractivity contribution in [3.63, 3.8) is 0 Å². The fraction of sp³-hybridized carbons (Fsp3) is 0.429. The fourth-order valence-electron chi connectivity index (χ4n) is 3.48. The van der Waals surface area contributed by atoms with Gasteiger partial charge in [-0.25, -0.2) is 0 Å². The molecule has 1 aromatic carbocycles. The maximum absolute atomic E-state index is 12.6. The first kappa shape index (κ1) is 18.4. The van der Waals surface area contributed by atoms with Crippen LogP contribution in [0.15, 0.2) is 48.8 Å². The Morgan fingerprint density at radius 3 is 2.54 bits per heavy atom. The van der Waals surface area contributed by atoms with Gasteiger partial charge in [0.2, 0.25) is 0 Å². The second kappa shape index (κ2) is 8.81. The van der Waals surface area contributed by atoms with Crippen molar-refractivity contribution in [3.05, 3.63) is 59.9 Å². The number of pyridine rings is 1. The molecule has 1 N–H and O–H groups in total. The average Bonchev–Trinajstić information content (AvgIpc) is 2.94. The molecule has 0 aliphatic carbocycles. The normalized spacial score (nSPS) is 16.9. The number of phenolic OH excluding ortho intramolecular Hbond substituents is 1. The van der Waals surface area contributed by atoms with E-state index in [4.69, 9.17) is 0 Å². The lowest BCUT2D eigenvalue weighted by Gasteiger charge is -2.28. The van der Waals surface area contributed by atoms with Crippen molar-refractivity contribution in [2.24, 2.45) is 0 Å². The van der Waals surface area contributed by atoms with Crippen LogP contribution in [0.1, 0.15) is 35.7 Å². The van der Waals surface area contributed by atoms with E-state index in [1.54, 1.807) is 36.7 Å². The fourth-order valence-corrected chi connectivity index (χ4v) is 3.48. The third-order valence-electron chi connectivity index (χ3n) is 5.16. The lowest BCUT2D eigenvalue weighted by molar-refractivity contribution is 0.0758. The van der Waals surface area contributed by atoms with Gasteiger partial charge in [0.1, 0.15) is 5.75 Å². The van der Waals surface area contributed by atoms with Gasteiger partial charge in [0.25, 0.3) is 5.91 Å². The molecule has 1 aliphatic heterocycles. The van der Waals surface area contributed by atoms with E-state index in [1.807, 2.05) is 17.0 Å². The van der Waals surface area contributed by atoms with Crippen LogP contribution in [0.4, 0.5) is 0 Å². The predicted octanol–water partition coefficient (Wildman–Crippen LogP) is 2.96. The molecule has 2 aromatic rings. The average molecular weight is 353 g/mol. The Labute approximate surface area is 155 Å². The number of hydrogen-bond donors (Lipinski definition) is 1. The van der Waals surface area contributed by atoms with Crippen LogP contribution < -0.4 is 0 Å². The quantitative estimate of drug-likeness (QED) is 0.898. The highest BCUT2D eigenvalue weighted by molar-refractivity contribution is 5.94. The van der Waals surface area contributed by atoms with Crippen molar-refractivity contribution in [1.82, 2.24) is 14.8 Å². The highest BCUT2D eigenvalue weighted by atomic mass is 16.3. The van der Waals surface area contributed by atoms with E-state index >= 15 is 0 Å². The van der Waals surface area contributed by atoms with E-state index in [2.05, 4.69) is 16.8 Å².